The zero-order valence-electron chi connectivity index (χ0n) is 12.1. The van der Waals surface area contributed by atoms with Crippen LogP contribution in [0.3, 0.4) is 0 Å². The maximum atomic E-state index is 9.63. The van der Waals surface area contributed by atoms with E-state index in [0.29, 0.717) is 6.54 Å². The van der Waals surface area contributed by atoms with E-state index in [2.05, 4.69) is 33.7 Å². The molecule has 1 aliphatic heterocycles. The van der Waals surface area contributed by atoms with E-state index >= 15 is 0 Å². The Balaban J connectivity index is 2.14. The number of anilines is 2. The Hall–Kier alpha value is -1.36. The number of rotatable bonds is 5. The van der Waals surface area contributed by atoms with Crippen LogP contribution in [0.25, 0.3) is 0 Å². The lowest BCUT2D eigenvalue weighted by molar-refractivity contribution is 0.198. The smallest absolute Gasteiger partial charge is 0.134 e. The van der Waals surface area contributed by atoms with Gasteiger partial charge in [-0.15, -0.1) is 0 Å². The fourth-order valence-corrected chi connectivity index (χ4v) is 2.35. The van der Waals surface area contributed by atoms with E-state index in [-0.39, 0.29) is 6.10 Å². The van der Waals surface area contributed by atoms with E-state index in [1.807, 2.05) is 13.0 Å². The molecule has 1 aromatic rings. The maximum absolute atomic E-state index is 9.63. The molecule has 2 rings (SSSR count). The topological polar surface area (TPSA) is 52.5 Å². The van der Waals surface area contributed by atoms with Crippen LogP contribution in [0.5, 0.6) is 0 Å². The van der Waals surface area contributed by atoms with Gasteiger partial charge in [0.05, 0.1) is 6.10 Å². The molecule has 0 bridgehead atoms. The molecular formula is C14H24N4O. The van der Waals surface area contributed by atoms with Gasteiger partial charge >= 0.3 is 0 Å². The Morgan fingerprint density at radius 3 is 2.89 bits per heavy atom. The second-order valence-electron chi connectivity index (χ2n) is 5.30. The lowest BCUT2D eigenvalue weighted by atomic mass is 10.3. The van der Waals surface area contributed by atoms with Gasteiger partial charge in [0.15, 0.2) is 0 Å². The minimum atomic E-state index is -0.225. The number of aliphatic hydroxyl groups excluding tert-OH is 1. The summed E-state index contributed by atoms with van der Waals surface area (Å²) in [5.41, 5.74) is 0. The molecule has 1 atom stereocenters. The third-order valence-electron chi connectivity index (χ3n) is 3.54. The highest BCUT2D eigenvalue weighted by molar-refractivity contribution is 5.51. The number of nitrogens with zero attached hydrogens (tertiary/aromatic N) is 4. The lowest BCUT2D eigenvalue weighted by Crippen LogP contribution is -2.25. The van der Waals surface area contributed by atoms with Gasteiger partial charge in [-0.1, -0.05) is 13.3 Å². The molecule has 0 spiro atoms. The van der Waals surface area contributed by atoms with Gasteiger partial charge in [-0.05, 0) is 19.8 Å². The van der Waals surface area contributed by atoms with Crippen LogP contribution in [0.1, 0.15) is 32.0 Å². The van der Waals surface area contributed by atoms with Crippen LogP contribution in [-0.2, 0) is 0 Å². The molecule has 1 fully saturated rings. The molecule has 19 heavy (non-hydrogen) atoms. The molecule has 1 saturated heterocycles. The molecular weight excluding hydrogens is 240 g/mol. The molecule has 1 aromatic heterocycles. The van der Waals surface area contributed by atoms with Crippen molar-refractivity contribution in [3.63, 3.8) is 0 Å². The number of hydrogen-bond donors (Lipinski definition) is 1. The number of aliphatic hydroxyl groups is 1. The third kappa shape index (κ3) is 3.56. The summed E-state index contributed by atoms with van der Waals surface area (Å²) >= 11 is 0. The van der Waals surface area contributed by atoms with Gasteiger partial charge in [0.25, 0.3) is 0 Å². The predicted octanol–water partition coefficient (Wildman–Crippen LogP) is 1.59. The Bertz CT molecular complexity index is 424. The van der Waals surface area contributed by atoms with Crippen LogP contribution in [-0.4, -0.2) is 47.9 Å². The minimum absolute atomic E-state index is 0.225. The summed E-state index contributed by atoms with van der Waals surface area (Å²) < 4.78 is 0. The van der Waals surface area contributed by atoms with E-state index in [0.717, 1.165) is 43.4 Å². The Kier molecular flexibility index (Phi) is 4.58. The molecule has 0 amide bonds. The van der Waals surface area contributed by atoms with Gasteiger partial charge in [0.1, 0.15) is 17.5 Å². The largest absolute Gasteiger partial charge is 0.391 e. The number of β-amino-alcohol motifs (C(OH)–C–C–N with tert-alkyl or cyclic N) is 1. The van der Waals surface area contributed by atoms with Crippen LogP contribution in [0.15, 0.2) is 6.07 Å². The van der Waals surface area contributed by atoms with Gasteiger partial charge in [0, 0.05) is 32.7 Å². The fraction of sp³-hybridized carbons (Fsp3) is 0.714. The average molecular weight is 264 g/mol. The monoisotopic (exact) mass is 264 g/mol. The van der Waals surface area contributed by atoms with Crippen LogP contribution < -0.4 is 9.80 Å². The van der Waals surface area contributed by atoms with Crippen LogP contribution in [0.2, 0.25) is 0 Å². The van der Waals surface area contributed by atoms with Gasteiger partial charge in [-0.3, -0.25) is 0 Å². The predicted molar refractivity (Wildman–Crippen MR) is 77.8 cm³/mol. The lowest BCUT2D eigenvalue weighted by Gasteiger charge is -2.22. The van der Waals surface area contributed by atoms with Crippen molar-refractivity contribution in [3.05, 3.63) is 11.9 Å². The molecule has 0 aliphatic carbocycles. The first-order valence-electron chi connectivity index (χ1n) is 7.10. The zero-order valence-corrected chi connectivity index (χ0v) is 12.1. The van der Waals surface area contributed by atoms with Crippen molar-refractivity contribution >= 4 is 11.6 Å². The van der Waals surface area contributed by atoms with Crippen molar-refractivity contribution < 1.29 is 5.11 Å². The highest BCUT2D eigenvalue weighted by atomic mass is 16.3. The summed E-state index contributed by atoms with van der Waals surface area (Å²) in [4.78, 5) is 13.3. The van der Waals surface area contributed by atoms with Gasteiger partial charge in [-0.25, -0.2) is 9.97 Å². The van der Waals surface area contributed by atoms with Crippen molar-refractivity contribution in [3.8, 4) is 0 Å². The summed E-state index contributed by atoms with van der Waals surface area (Å²) in [6, 6.07) is 2.03. The maximum Gasteiger partial charge on any atom is 0.134 e. The fourth-order valence-electron chi connectivity index (χ4n) is 2.35. The first-order chi connectivity index (χ1) is 9.10. The SMILES string of the molecule is CCCCN(C)c1cc(N2CCC(O)C2)nc(C)n1. The van der Waals surface area contributed by atoms with Gasteiger partial charge in [0.2, 0.25) is 0 Å². The van der Waals surface area contributed by atoms with Crippen molar-refractivity contribution in [2.75, 3.05) is 36.5 Å². The molecule has 1 aliphatic rings. The standard InChI is InChI=1S/C14H24N4O/c1-4-5-7-17(3)13-9-14(16-11(2)15-13)18-8-6-12(19)10-18/h9,12,19H,4-8,10H2,1-3H3. The highest BCUT2D eigenvalue weighted by Gasteiger charge is 2.22. The van der Waals surface area contributed by atoms with Crippen molar-refractivity contribution in [2.24, 2.45) is 0 Å². The summed E-state index contributed by atoms with van der Waals surface area (Å²) in [6.45, 7) is 6.67. The molecule has 1 unspecified atom stereocenters. The van der Waals surface area contributed by atoms with Crippen LogP contribution >= 0.6 is 0 Å². The third-order valence-corrected chi connectivity index (χ3v) is 3.54. The van der Waals surface area contributed by atoms with Crippen molar-refractivity contribution in [1.29, 1.82) is 0 Å². The van der Waals surface area contributed by atoms with Gasteiger partial charge in [-0.2, -0.15) is 0 Å². The van der Waals surface area contributed by atoms with Crippen LogP contribution in [0, 0.1) is 6.92 Å². The van der Waals surface area contributed by atoms with Gasteiger partial charge < -0.3 is 14.9 Å². The Morgan fingerprint density at radius 2 is 2.26 bits per heavy atom. The molecule has 2 heterocycles. The minimum Gasteiger partial charge on any atom is -0.391 e. The molecule has 106 valence electrons. The van der Waals surface area contributed by atoms with E-state index in [1.54, 1.807) is 0 Å². The van der Waals surface area contributed by atoms with Crippen LogP contribution in [0.4, 0.5) is 11.6 Å². The summed E-state index contributed by atoms with van der Waals surface area (Å²) in [5, 5.41) is 9.63. The first-order valence-corrected chi connectivity index (χ1v) is 7.10. The van der Waals surface area contributed by atoms with E-state index in [1.165, 1.54) is 6.42 Å². The summed E-state index contributed by atoms with van der Waals surface area (Å²) in [5.74, 6) is 2.69. The molecule has 1 N–H and O–H groups in total. The highest BCUT2D eigenvalue weighted by Crippen LogP contribution is 2.22. The Labute approximate surface area is 115 Å². The number of unbranched alkanes of at least 4 members (excludes halogenated alkanes) is 1. The summed E-state index contributed by atoms with van der Waals surface area (Å²) in [7, 11) is 2.07. The average Bonchev–Trinajstić information content (AvgIpc) is 2.82. The molecule has 5 heteroatoms. The molecule has 0 saturated carbocycles. The normalized spacial score (nSPS) is 18.9. The Morgan fingerprint density at radius 1 is 1.47 bits per heavy atom. The number of aromatic nitrogens is 2. The van der Waals surface area contributed by atoms with E-state index < -0.39 is 0 Å². The van der Waals surface area contributed by atoms with E-state index in [4.69, 9.17) is 0 Å². The summed E-state index contributed by atoms with van der Waals surface area (Å²) in [6.07, 6.45) is 2.94. The zero-order chi connectivity index (χ0) is 13.8. The van der Waals surface area contributed by atoms with E-state index in [9.17, 15) is 5.11 Å². The number of aryl methyl sites for hydroxylation is 1. The first kappa shape index (κ1) is 14.1. The van der Waals surface area contributed by atoms with Crippen molar-refractivity contribution in [2.45, 2.75) is 39.2 Å². The van der Waals surface area contributed by atoms with Crippen molar-refractivity contribution in [1.82, 2.24) is 9.97 Å². The molecule has 0 aromatic carbocycles. The molecule has 0 radical (unpaired) electrons. The quantitative estimate of drug-likeness (QED) is 0.875. The second-order valence-corrected chi connectivity index (χ2v) is 5.30. The number of hydrogen-bond acceptors (Lipinski definition) is 5. The second kappa shape index (κ2) is 6.19. The molecule has 5 nitrogen and oxygen atoms in total.